The highest BCUT2D eigenvalue weighted by atomic mass is 32.1. The van der Waals surface area contributed by atoms with Crippen LogP contribution < -0.4 is 4.90 Å². The number of piperidine rings is 1. The fourth-order valence-electron chi connectivity index (χ4n) is 3.51. The first-order valence-corrected chi connectivity index (χ1v) is 9.85. The molecule has 1 amide bonds. The molecule has 2 aromatic carbocycles. The molecule has 4 nitrogen and oxygen atoms in total. The van der Waals surface area contributed by atoms with Crippen molar-refractivity contribution in [2.24, 2.45) is 0 Å². The summed E-state index contributed by atoms with van der Waals surface area (Å²) in [6.45, 7) is 1.59. The largest absolute Gasteiger partial charge is 0.378 e. The van der Waals surface area contributed by atoms with E-state index >= 15 is 0 Å². The lowest BCUT2D eigenvalue weighted by atomic mass is 9.98. The fourth-order valence-corrected chi connectivity index (χ4v) is 4.61. The Morgan fingerprint density at radius 3 is 2.65 bits per heavy atom. The van der Waals surface area contributed by atoms with Gasteiger partial charge in [-0.2, -0.15) is 0 Å². The number of para-hydroxylation sites is 1. The molecule has 1 atom stereocenters. The summed E-state index contributed by atoms with van der Waals surface area (Å²) in [6, 6.07) is 16.1. The summed E-state index contributed by atoms with van der Waals surface area (Å²) in [5.41, 5.74) is 2.93. The van der Waals surface area contributed by atoms with Gasteiger partial charge in [0.05, 0.1) is 15.2 Å². The van der Waals surface area contributed by atoms with Crippen molar-refractivity contribution in [1.29, 1.82) is 0 Å². The normalized spacial score (nSPS) is 17.5. The third-order valence-electron chi connectivity index (χ3n) is 5.00. The zero-order chi connectivity index (χ0) is 18.1. The molecule has 3 aromatic rings. The van der Waals surface area contributed by atoms with Gasteiger partial charge in [-0.15, -0.1) is 11.3 Å². The number of nitrogens with zero attached hydrogens (tertiary/aromatic N) is 3. The lowest BCUT2D eigenvalue weighted by Gasteiger charge is -2.32. The SMILES string of the molecule is CN(C)c1ccc(C(=O)N2CCC[C@@H](c3nc4ccccc4s3)C2)cc1. The predicted octanol–water partition coefficient (Wildman–Crippen LogP) is 4.38. The van der Waals surface area contributed by atoms with Gasteiger partial charge in [-0.3, -0.25) is 4.79 Å². The molecule has 0 aliphatic carbocycles. The Morgan fingerprint density at radius 1 is 1.15 bits per heavy atom. The highest BCUT2D eigenvalue weighted by Gasteiger charge is 2.27. The van der Waals surface area contributed by atoms with E-state index in [1.54, 1.807) is 11.3 Å². The molecular formula is C21H23N3OS. The van der Waals surface area contributed by atoms with E-state index in [4.69, 9.17) is 4.98 Å². The second-order valence-electron chi connectivity index (χ2n) is 7.05. The number of fused-ring (bicyclic) bond motifs is 1. The van der Waals surface area contributed by atoms with Crippen LogP contribution in [0.2, 0.25) is 0 Å². The molecule has 1 saturated heterocycles. The van der Waals surface area contributed by atoms with Crippen LogP contribution >= 0.6 is 11.3 Å². The number of hydrogen-bond donors (Lipinski definition) is 0. The zero-order valence-corrected chi connectivity index (χ0v) is 16.0. The molecular weight excluding hydrogens is 342 g/mol. The van der Waals surface area contributed by atoms with E-state index in [1.165, 1.54) is 4.70 Å². The first-order chi connectivity index (χ1) is 12.6. The second kappa shape index (κ2) is 7.08. The van der Waals surface area contributed by atoms with Crippen LogP contribution in [-0.2, 0) is 0 Å². The molecule has 4 rings (SSSR count). The van der Waals surface area contributed by atoms with Gasteiger partial charge in [0.2, 0.25) is 0 Å². The lowest BCUT2D eigenvalue weighted by molar-refractivity contribution is 0.0707. The topological polar surface area (TPSA) is 36.4 Å². The number of hydrogen-bond acceptors (Lipinski definition) is 4. The zero-order valence-electron chi connectivity index (χ0n) is 15.2. The summed E-state index contributed by atoms with van der Waals surface area (Å²) in [5.74, 6) is 0.465. The number of amides is 1. The highest BCUT2D eigenvalue weighted by molar-refractivity contribution is 7.18. The van der Waals surface area contributed by atoms with Crippen molar-refractivity contribution in [2.75, 3.05) is 32.1 Å². The Labute approximate surface area is 158 Å². The number of carbonyl (C=O) groups is 1. The maximum absolute atomic E-state index is 12.9. The van der Waals surface area contributed by atoms with Crippen molar-refractivity contribution in [2.45, 2.75) is 18.8 Å². The highest BCUT2D eigenvalue weighted by Crippen LogP contribution is 2.33. The number of carbonyl (C=O) groups excluding carboxylic acids is 1. The van der Waals surface area contributed by atoms with Crippen molar-refractivity contribution >= 4 is 33.1 Å². The van der Waals surface area contributed by atoms with Crippen molar-refractivity contribution in [3.05, 3.63) is 59.1 Å². The predicted molar refractivity (Wildman–Crippen MR) is 108 cm³/mol. The average molecular weight is 366 g/mol. The van der Waals surface area contributed by atoms with Gasteiger partial charge < -0.3 is 9.80 Å². The van der Waals surface area contributed by atoms with Gasteiger partial charge in [-0.25, -0.2) is 4.98 Å². The van der Waals surface area contributed by atoms with Crippen molar-refractivity contribution < 1.29 is 4.79 Å². The first-order valence-electron chi connectivity index (χ1n) is 9.04. The molecule has 0 bridgehead atoms. The number of aromatic nitrogens is 1. The van der Waals surface area contributed by atoms with Crippen LogP contribution in [0.3, 0.4) is 0 Å². The maximum Gasteiger partial charge on any atom is 0.253 e. The molecule has 1 aromatic heterocycles. The van der Waals surface area contributed by atoms with E-state index in [0.717, 1.165) is 47.7 Å². The molecule has 0 spiro atoms. The van der Waals surface area contributed by atoms with E-state index in [1.807, 2.05) is 54.2 Å². The number of benzene rings is 2. The molecule has 0 unspecified atom stereocenters. The van der Waals surface area contributed by atoms with Crippen molar-refractivity contribution in [3.63, 3.8) is 0 Å². The van der Waals surface area contributed by atoms with Crippen LogP contribution in [0.5, 0.6) is 0 Å². The standard InChI is InChI=1S/C21H23N3OS/c1-23(2)17-11-9-15(10-12-17)21(25)24-13-5-6-16(14-24)20-22-18-7-3-4-8-19(18)26-20/h3-4,7-12,16H,5-6,13-14H2,1-2H3/t16-/m1/s1. The number of anilines is 1. The van der Waals surface area contributed by atoms with Gasteiger partial charge in [0.25, 0.3) is 5.91 Å². The van der Waals surface area contributed by atoms with E-state index in [0.29, 0.717) is 5.92 Å². The van der Waals surface area contributed by atoms with Gasteiger partial charge in [-0.1, -0.05) is 12.1 Å². The minimum absolute atomic E-state index is 0.126. The maximum atomic E-state index is 12.9. The molecule has 1 aliphatic rings. The summed E-state index contributed by atoms with van der Waals surface area (Å²) in [4.78, 5) is 21.8. The smallest absolute Gasteiger partial charge is 0.253 e. The lowest BCUT2D eigenvalue weighted by Crippen LogP contribution is -2.39. The summed E-state index contributed by atoms with van der Waals surface area (Å²) < 4.78 is 1.23. The van der Waals surface area contributed by atoms with Crippen LogP contribution in [0.1, 0.15) is 34.1 Å². The Kier molecular flexibility index (Phi) is 4.64. The molecule has 26 heavy (non-hydrogen) atoms. The van der Waals surface area contributed by atoms with Crippen LogP contribution in [0, 0.1) is 0 Å². The molecule has 2 heterocycles. The van der Waals surface area contributed by atoms with E-state index in [-0.39, 0.29) is 5.91 Å². The molecule has 1 aliphatic heterocycles. The quantitative estimate of drug-likeness (QED) is 0.691. The number of likely N-dealkylation sites (tertiary alicyclic amines) is 1. The van der Waals surface area contributed by atoms with E-state index in [9.17, 15) is 4.79 Å². The number of thiazole rings is 1. The molecule has 134 valence electrons. The van der Waals surface area contributed by atoms with Gasteiger partial charge in [0.15, 0.2) is 0 Å². The summed E-state index contributed by atoms with van der Waals surface area (Å²) in [6.07, 6.45) is 2.13. The summed E-state index contributed by atoms with van der Waals surface area (Å²) in [7, 11) is 4.01. The molecule has 0 saturated carbocycles. The Bertz CT molecular complexity index is 883. The van der Waals surface area contributed by atoms with Crippen LogP contribution in [0.4, 0.5) is 5.69 Å². The summed E-state index contributed by atoms with van der Waals surface area (Å²) in [5, 5.41) is 1.16. The molecule has 0 N–H and O–H groups in total. The third kappa shape index (κ3) is 3.31. The summed E-state index contributed by atoms with van der Waals surface area (Å²) >= 11 is 1.76. The second-order valence-corrected chi connectivity index (χ2v) is 8.11. The van der Waals surface area contributed by atoms with Crippen LogP contribution in [0.25, 0.3) is 10.2 Å². The van der Waals surface area contributed by atoms with Gasteiger partial charge >= 0.3 is 0 Å². The van der Waals surface area contributed by atoms with Crippen molar-refractivity contribution in [3.8, 4) is 0 Å². The molecule has 0 radical (unpaired) electrons. The Morgan fingerprint density at radius 2 is 1.92 bits per heavy atom. The Balaban J connectivity index is 1.51. The molecule has 1 fully saturated rings. The van der Waals surface area contributed by atoms with E-state index < -0.39 is 0 Å². The van der Waals surface area contributed by atoms with Crippen LogP contribution in [0.15, 0.2) is 48.5 Å². The van der Waals surface area contributed by atoms with E-state index in [2.05, 4.69) is 18.2 Å². The molecule has 5 heteroatoms. The van der Waals surface area contributed by atoms with Crippen LogP contribution in [-0.4, -0.2) is 43.0 Å². The average Bonchev–Trinajstić information content (AvgIpc) is 3.12. The van der Waals surface area contributed by atoms with Gasteiger partial charge in [0, 0.05) is 44.4 Å². The van der Waals surface area contributed by atoms with Crippen molar-refractivity contribution in [1.82, 2.24) is 9.88 Å². The minimum atomic E-state index is 0.126. The van der Waals surface area contributed by atoms with Gasteiger partial charge in [-0.05, 0) is 49.2 Å². The fraction of sp³-hybridized carbons (Fsp3) is 0.333. The first kappa shape index (κ1) is 17.0. The third-order valence-corrected chi connectivity index (χ3v) is 6.20. The minimum Gasteiger partial charge on any atom is -0.378 e. The number of rotatable bonds is 3. The van der Waals surface area contributed by atoms with Gasteiger partial charge in [0.1, 0.15) is 0 Å². The monoisotopic (exact) mass is 365 g/mol. The Hall–Kier alpha value is -2.40.